The fraction of sp³-hybridized carbons (Fsp3) is 0.429. The number of amides is 1. The number of ether oxygens (including phenoxy) is 2. The molecule has 2 aliphatic carbocycles. The summed E-state index contributed by atoms with van der Waals surface area (Å²) in [6.07, 6.45) is 5.26. The topological polar surface area (TPSA) is 55.8 Å². The number of carbonyl (C=O) groups excluding carboxylic acids is 2. The Hall–Kier alpha value is -2.34. The molecule has 1 aromatic carbocycles. The van der Waals surface area contributed by atoms with Crippen molar-refractivity contribution in [3.8, 4) is 5.75 Å². The molecule has 1 amide bonds. The van der Waals surface area contributed by atoms with E-state index in [2.05, 4.69) is 0 Å². The Morgan fingerprint density at radius 2 is 1.96 bits per heavy atom. The highest BCUT2D eigenvalue weighted by molar-refractivity contribution is 7.14. The summed E-state index contributed by atoms with van der Waals surface area (Å²) in [7, 11) is 1.63. The first kappa shape index (κ1) is 18.0. The van der Waals surface area contributed by atoms with Crippen LogP contribution in [-0.4, -0.2) is 36.5 Å². The molecule has 1 fully saturated rings. The molecule has 142 valence electrons. The first-order valence-electron chi connectivity index (χ1n) is 9.35. The lowest BCUT2D eigenvalue weighted by molar-refractivity contribution is -0.135. The minimum absolute atomic E-state index is 0.134. The first-order chi connectivity index (χ1) is 13.1. The van der Waals surface area contributed by atoms with E-state index < -0.39 is 0 Å². The summed E-state index contributed by atoms with van der Waals surface area (Å²) in [5.74, 6) is 0.272. The highest BCUT2D eigenvalue weighted by atomic mass is 32.1. The van der Waals surface area contributed by atoms with Crippen molar-refractivity contribution in [1.82, 2.24) is 4.90 Å². The van der Waals surface area contributed by atoms with Crippen LogP contribution in [0.3, 0.4) is 0 Å². The lowest BCUT2D eigenvalue weighted by Gasteiger charge is -2.22. The second-order valence-electron chi connectivity index (χ2n) is 7.09. The maximum atomic E-state index is 12.7. The van der Waals surface area contributed by atoms with Gasteiger partial charge < -0.3 is 14.4 Å². The maximum absolute atomic E-state index is 12.7. The fourth-order valence-corrected chi connectivity index (χ4v) is 4.59. The molecular weight excluding hydrogens is 362 g/mol. The van der Waals surface area contributed by atoms with E-state index in [1.807, 2.05) is 35.2 Å². The van der Waals surface area contributed by atoms with Crippen molar-refractivity contribution in [2.45, 2.75) is 44.7 Å². The molecule has 27 heavy (non-hydrogen) atoms. The monoisotopic (exact) mass is 385 g/mol. The molecule has 2 aromatic rings. The zero-order chi connectivity index (χ0) is 18.8. The molecule has 1 aromatic heterocycles. The molecule has 0 atom stereocenters. The molecule has 5 nitrogen and oxygen atoms in total. The van der Waals surface area contributed by atoms with Gasteiger partial charge in [0.05, 0.1) is 7.11 Å². The van der Waals surface area contributed by atoms with Crippen LogP contribution in [0.5, 0.6) is 5.75 Å². The summed E-state index contributed by atoms with van der Waals surface area (Å²) in [6, 6.07) is 9.88. The molecule has 0 unspecified atom stereocenters. The van der Waals surface area contributed by atoms with Crippen molar-refractivity contribution in [2.75, 3.05) is 13.7 Å². The maximum Gasteiger partial charge on any atom is 0.348 e. The van der Waals surface area contributed by atoms with Gasteiger partial charge in [0.25, 0.3) is 5.91 Å². The van der Waals surface area contributed by atoms with Gasteiger partial charge in [0.15, 0.2) is 6.61 Å². The van der Waals surface area contributed by atoms with Crippen LogP contribution in [-0.2, 0) is 28.9 Å². The molecule has 0 N–H and O–H groups in total. The number of methoxy groups -OCH3 is 1. The Labute approximate surface area is 162 Å². The second kappa shape index (κ2) is 7.72. The van der Waals surface area contributed by atoms with Gasteiger partial charge >= 0.3 is 5.97 Å². The highest BCUT2D eigenvalue weighted by Crippen LogP contribution is 2.31. The van der Waals surface area contributed by atoms with Gasteiger partial charge in [0.2, 0.25) is 0 Å². The van der Waals surface area contributed by atoms with Gasteiger partial charge in [-0.2, -0.15) is 0 Å². The van der Waals surface area contributed by atoms with E-state index in [9.17, 15) is 9.59 Å². The van der Waals surface area contributed by atoms with Crippen LogP contribution in [0.2, 0.25) is 0 Å². The van der Waals surface area contributed by atoms with Gasteiger partial charge in [-0.1, -0.05) is 12.1 Å². The number of carbonyl (C=O) groups is 2. The normalized spacial score (nSPS) is 15.3. The Morgan fingerprint density at radius 3 is 2.63 bits per heavy atom. The third-order valence-electron chi connectivity index (χ3n) is 5.09. The SMILES string of the molecule is COc1ccc(CN(C(=O)COC(=O)c2cc3c(s2)CCC3)C2CC2)cc1. The number of nitrogens with zero attached hydrogens (tertiary/aromatic N) is 1. The van der Waals surface area contributed by atoms with E-state index in [1.54, 1.807) is 7.11 Å². The van der Waals surface area contributed by atoms with Crippen LogP contribution in [0, 0.1) is 0 Å². The Kier molecular flexibility index (Phi) is 5.16. The summed E-state index contributed by atoms with van der Waals surface area (Å²) >= 11 is 1.50. The highest BCUT2D eigenvalue weighted by Gasteiger charge is 2.33. The smallest absolute Gasteiger partial charge is 0.348 e. The number of benzene rings is 1. The summed E-state index contributed by atoms with van der Waals surface area (Å²) < 4.78 is 10.5. The zero-order valence-corrected chi connectivity index (χ0v) is 16.2. The molecule has 0 radical (unpaired) electrons. The van der Waals surface area contributed by atoms with E-state index in [0.29, 0.717) is 11.4 Å². The summed E-state index contributed by atoms with van der Waals surface area (Å²) in [5, 5.41) is 0. The van der Waals surface area contributed by atoms with E-state index in [1.165, 1.54) is 21.8 Å². The molecule has 0 aliphatic heterocycles. The van der Waals surface area contributed by atoms with Crippen LogP contribution < -0.4 is 4.74 Å². The number of rotatable bonds is 7. The van der Waals surface area contributed by atoms with Crippen molar-refractivity contribution < 1.29 is 19.1 Å². The Morgan fingerprint density at radius 1 is 1.19 bits per heavy atom. The molecule has 0 saturated heterocycles. The third-order valence-corrected chi connectivity index (χ3v) is 6.31. The van der Waals surface area contributed by atoms with Crippen molar-refractivity contribution in [3.63, 3.8) is 0 Å². The van der Waals surface area contributed by atoms with Crippen molar-refractivity contribution in [1.29, 1.82) is 0 Å². The number of fused-ring (bicyclic) bond motifs is 1. The van der Waals surface area contributed by atoms with E-state index in [0.717, 1.165) is 43.4 Å². The minimum Gasteiger partial charge on any atom is -0.497 e. The predicted octanol–water partition coefficient (Wildman–Crippen LogP) is 3.59. The minimum atomic E-state index is -0.386. The van der Waals surface area contributed by atoms with Crippen LogP contribution >= 0.6 is 11.3 Å². The standard InChI is InChI=1S/C21H23NO4S/c1-25-17-9-5-14(6-10-17)12-22(16-7-8-16)20(23)13-26-21(24)19-11-15-3-2-4-18(15)27-19/h5-6,9-11,16H,2-4,7-8,12-13H2,1H3. The molecule has 1 heterocycles. The van der Waals surface area contributed by atoms with Crippen molar-refractivity contribution in [3.05, 3.63) is 51.2 Å². The van der Waals surface area contributed by atoms with Gasteiger partial charge in [-0.3, -0.25) is 4.79 Å². The van der Waals surface area contributed by atoms with Crippen LogP contribution in [0.4, 0.5) is 0 Å². The number of hydrogen-bond donors (Lipinski definition) is 0. The van der Waals surface area contributed by atoms with E-state index in [4.69, 9.17) is 9.47 Å². The fourth-order valence-electron chi connectivity index (χ4n) is 3.45. The summed E-state index contributed by atoms with van der Waals surface area (Å²) in [5.41, 5.74) is 2.30. The largest absolute Gasteiger partial charge is 0.497 e. The first-order valence-corrected chi connectivity index (χ1v) is 10.2. The Bertz CT molecular complexity index is 817. The number of aryl methyl sites for hydroxylation is 2. The lowest BCUT2D eigenvalue weighted by Crippen LogP contribution is -2.36. The number of esters is 1. The average Bonchev–Trinajstić information content (AvgIpc) is 3.29. The zero-order valence-electron chi connectivity index (χ0n) is 15.4. The van der Waals surface area contributed by atoms with Crippen LogP contribution in [0.1, 0.15) is 44.9 Å². The van der Waals surface area contributed by atoms with Gasteiger partial charge in [-0.05, 0) is 61.4 Å². The third kappa shape index (κ3) is 4.16. The van der Waals surface area contributed by atoms with Crippen LogP contribution in [0.15, 0.2) is 30.3 Å². The van der Waals surface area contributed by atoms with Crippen molar-refractivity contribution in [2.24, 2.45) is 0 Å². The van der Waals surface area contributed by atoms with Gasteiger partial charge in [0.1, 0.15) is 10.6 Å². The molecule has 6 heteroatoms. The number of thiophene rings is 1. The lowest BCUT2D eigenvalue weighted by atomic mass is 10.2. The summed E-state index contributed by atoms with van der Waals surface area (Å²) in [4.78, 5) is 28.7. The number of hydrogen-bond acceptors (Lipinski definition) is 5. The van der Waals surface area contributed by atoms with Gasteiger partial charge in [0, 0.05) is 17.5 Å². The summed E-state index contributed by atoms with van der Waals surface area (Å²) in [6.45, 7) is 0.326. The molecule has 2 aliphatic rings. The quantitative estimate of drug-likeness (QED) is 0.684. The molecule has 0 bridgehead atoms. The van der Waals surface area contributed by atoms with Gasteiger partial charge in [-0.15, -0.1) is 11.3 Å². The second-order valence-corrected chi connectivity index (χ2v) is 8.23. The molecule has 0 spiro atoms. The molecule has 1 saturated carbocycles. The molecular formula is C21H23NO4S. The van der Waals surface area contributed by atoms with Crippen molar-refractivity contribution >= 4 is 23.2 Å². The molecule has 4 rings (SSSR count). The predicted molar refractivity (Wildman–Crippen MR) is 103 cm³/mol. The Balaban J connectivity index is 1.35. The average molecular weight is 385 g/mol. The van der Waals surface area contributed by atoms with E-state index >= 15 is 0 Å². The van der Waals surface area contributed by atoms with Crippen LogP contribution in [0.25, 0.3) is 0 Å². The van der Waals surface area contributed by atoms with E-state index in [-0.39, 0.29) is 24.5 Å². The van der Waals surface area contributed by atoms with Gasteiger partial charge in [-0.25, -0.2) is 4.79 Å².